The van der Waals surface area contributed by atoms with Crippen molar-refractivity contribution in [1.82, 2.24) is 5.32 Å². The predicted molar refractivity (Wildman–Crippen MR) is 64.9 cm³/mol. The molecule has 0 aliphatic heterocycles. The van der Waals surface area contributed by atoms with E-state index >= 15 is 0 Å². The van der Waals surface area contributed by atoms with E-state index < -0.39 is 5.41 Å². The number of aromatic hydroxyl groups is 1. The zero-order chi connectivity index (χ0) is 13.1. The molecule has 0 saturated heterocycles. The Morgan fingerprint density at radius 2 is 1.71 bits per heavy atom. The van der Waals surface area contributed by atoms with Crippen LogP contribution in [0.3, 0.4) is 0 Å². The van der Waals surface area contributed by atoms with Crippen LogP contribution in [-0.2, 0) is 4.79 Å². The third kappa shape index (κ3) is 3.90. The highest BCUT2D eigenvalue weighted by Crippen LogP contribution is 2.14. The maximum Gasteiger partial charge on any atom is 0.251 e. The van der Waals surface area contributed by atoms with Crippen LogP contribution < -0.4 is 5.32 Å². The van der Waals surface area contributed by atoms with Crippen LogP contribution in [0.4, 0.5) is 0 Å². The molecular weight excluding hydrogens is 218 g/mol. The summed E-state index contributed by atoms with van der Waals surface area (Å²) < 4.78 is 0. The zero-order valence-corrected chi connectivity index (χ0v) is 10.3. The number of Topliss-reactive ketones (excluding diaryl/α,β-unsaturated/α-hetero) is 1. The monoisotopic (exact) mass is 235 g/mol. The Morgan fingerprint density at radius 1 is 1.18 bits per heavy atom. The molecule has 4 heteroatoms. The largest absolute Gasteiger partial charge is 0.508 e. The third-order valence-corrected chi connectivity index (χ3v) is 2.38. The molecule has 0 bridgehead atoms. The first-order valence-electron chi connectivity index (χ1n) is 5.41. The van der Waals surface area contributed by atoms with Gasteiger partial charge in [0.1, 0.15) is 5.75 Å². The average Bonchev–Trinajstić information content (AvgIpc) is 2.25. The Balaban J connectivity index is 2.56. The highest BCUT2D eigenvalue weighted by Gasteiger charge is 2.21. The second-order valence-corrected chi connectivity index (χ2v) is 4.90. The lowest BCUT2D eigenvalue weighted by molar-refractivity contribution is -0.125. The van der Waals surface area contributed by atoms with Gasteiger partial charge in [-0.15, -0.1) is 0 Å². The van der Waals surface area contributed by atoms with E-state index in [2.05, 4.69) is 5.32 Å². The number of hydrogen-bond donors (Lipinski definition) is 2. The van der Waals surface area contributed by atoms with Gasteiger partial charge in [-0.2, -0.15) is 0 Å². The Labute approximate surface area is 101 Å². The van der Waals surface area contributed by atoms with Crippen LogP contribution >= 0.6 is 0 Å². The van der Waals surface area contributed by atoms with Gasteiger partial charge in [-0.05, 0) is 24.3 Å². The molecule has 17 heavy (non-hydrogen) atoms. The van der Waals surface area contributed by atoms with Crippen molar-refractivity contribution in [3.8, 4) is 5.75 Å². The molecule has 1 rings (SSSR count). The molecule has 0 fully saturated rings. The molecule has 0 saturated carbocycles. The summed E-state index contributed by atoms with van der Waals surface area (Å²) in [5.41, 5.74) is -0.0353. The lowest BCUT2D eigenvalue weighted by Gasteiger charge is -2.16. The highest BCUT2D eigenvalue weighted by molar-refractivity contribution is 5.97. The van der Waals surface area contributed by atoms with Crippen LogP contribution in [-0.4, -0.2) is 23.3 Å². The van der Waals surface area contributed by atoms with Crippen molar-refractivity contribution in [3.63, 3.8) is 0 Å². The Bertz CT molecular complexity index is 415. The minimum absolute atomic E-state index is 0.0171. The number of hydrogen-bond acceptors (Lipinski definition) is 3. The molecule has 1 aromatic rings. The molecule has 0 radical (unpaired) electrons. The fraction of sp³-hybridized carbons (Fsp3) is 0.385. The zero-order valence-electron chi connectivity index (χ0n) is 10.3. The van der Waals surface area contributed by atoms with Crippen molar-refractivity contribution < 1.29 is 14.7 Å². The van der Waals surface area contributed by atoms with Gasteiger partial charge in [-0.3, -0.25) is 9.59 Å². The Kier molecular flexibility index (Phi) is 3.89. The van der Waals surface area contributed by atoms with Gasteiger partial charge < -0.3 is 10.4 Å². The molecule has 92 valence electrons. The number of phenols is 1. The topological polar surface area (TPSA) is 66.4 Å². The summed E-state index contributed by atoms with van der Waals surface area (Å²) in [5.74, 6) is -0.237. The van der Waals surface area contributed by atoms with Crippen molar-refractivity contribution in [1.29, 1.82) is 0 Å². The molecule has 0 heterocycles. The average molecular weight is 235 g/mol. The van der Waals surface area contributed by atoms with Gasteiger partial charge in [0.2, 0.25) is 0 Å². The Morgan fingerprint density at radius 3 is 2.18 bits per heavy atom. The molecule has 1 amide bonds. The minimum atomic E-state index is -0.456. The summed E-state index contributed by atoms with van der Waals surface area (Å²) >= 11 is 0. The van der Waals surface area contributed by atoms with Crippen LogP contribution in [0, 0.1) is 5.41 Å². The summed E-state index contributed by atoms with van der Waals surface area (Å²) in [6.45, 7) is 5.44. The summed E-state index contributed by atoms with van der Waals surface area (Å²) in [6.07, 6.45) is 0. The molecule has 0 aromatic heterocycles. The van der Waals surface area contributed by atoms with E-state index in [0.717, 1.165) is 0 Å². The number of ketones is 1. The number of nitrogens with one attached hydrogen (secondary N) is 1. The maximum atomic E-state index is 11.6. The number of rotatable bonds is 3. The third-order valence-electron chi connectivity index (χ3n) is 2.38. The van der Waals surface area contributed by atoms with E-state index in [9.17, 15) is 9.59 Å². The number of benzene rings is 1. The lowest BCUT2D eigenvalue weighted by Crippen LogP contribution is -2.35. The summed E-state index contributed by atoms with van der Waals surface area (Å²) in [5, 5.41) is 11.6. The fourth-order valence-corrected chi connectivity index (χ4v) is 1.14. The molecule has 0 aliphatic carbocycles. The number of carbonyl (C=O) groups excluding carboxylic acids is 2. The van der Waals surface area contributed by atoms with Gasteiger partial charge in [0, 0.05) is 11.0 Å². The van der Waals surface area contributed by atoms with Gasteiger partial charge in [0.05, 0.1) is 6.54 Å². The molecule has 0 atom stereocenters. The van der Waals surface area contributed by atoms with Gasteiger partial charge in [0.25, 0.3) is 5.91 Å². The number of phenolic OH excluding ortho intramolecular Hbond substituents is 1. The number of carbonyl (C=O) groups is 2. The van der Waals surface area contributed by atoms with E-state index in [1.807, 2.05) is 20.8 Å². The minimum Gasteiger partial charge on any atom is -0.508 e. The molecule has 0 aliphatic rings. The first-order chi connectivity index (χ1) is 7.80. The van der Waals surface area contributed by atoms with Crippen LogP contribution in [0.1, 0.15) is 31.1 Å². The molecule has 4 nitrogen and oxygen atoms in total. The summed E-state index contributed by atoms with van der Waals surface area (Å²) in [6, 6.07) is 5.87. The van der Waals surface area contributed by atoms with Crippen molar-refractivity contribution in [2.24, 2.45) is 5.41 Å². The lowest BCUT2D eigenvalue weighted by atomic mass is 9.91. The van der Waals surface area contributed by atoms with Crippen molar-refractivity contribution >= 4 is 11.7 Å². The molecule has 0 spiro atoms. The van der Waals surface area contributed by atoms with Crippen molar-refractivity contribution in [2.75, 3.05) is 6.54 Å². The predicted octanol–water partition coefficient (Wildman–Crippen LogP) is 1.74. The SMILES string of the molecule is CC(C)(C)C(=O)CNC(=O)c1ccc(O)cc1. The van der Waals surface area contributed by atoms with E-state index in [1.54, 1.807) is 0 Å². The molecular formula is C13H17NO3. The second kappa shape index (κ2) is 4.99. The quantitative estimate of drug-likeness (QED) is 0.838. The van der Waals surface area contributed by atoms with E-state index in [0.29, 0.717) is 5.56 Å². The van der Waals surface area contributed by atoms with Gasteiger partial charge in [0.15, 0.2) is 5.78 Å². The second-order valence-electron chi connectivity index (χ2n) is 4.90. The van der Waals surface area contributed by atoms with Crippen molar-refractivity contribution in [2.45, 2.75) is 20.8 Å². The van der Waals surface area contributed by atoms with Crippen molar-refractivity contribution in [3.05, 3.63) is 29.8 Å². The van der Waals surface area contributed by atoms with Crippen LogP contribution in [0.5, 0.6) is 5.75 Å². The fourth-order valence-electron chi connectivity index (χ4n) is 1.14. The summed E-state index contributed by atoms with van der Waals surface area (Å²) in [4.78, 5) is 23.2. The Hall–Kier alpha value is -1.84. The van der Waals surface area contributed by atoms with Crippen LogP contribution in [0.25, 0.3) is 0 Å². The molecule has 2 N–H and O–H groups in total. The standard InChI is InChI=1S/C13H17NO3/c1-13(2,3)11(16)8-14-12(17)9-4-6-10(15)7-5-9/h4-7,15H,8H2,1-3H3,(H,14,17). The normalized spacial score (nSPS) is 11.0. The maximum absolute atomic E-state index is 11.6. The van der Waals surface area contributed by atoms with E-state index in [-0.39, 0.29) is 24.0 Å². The van der Waals surface area contributed by atoms with Crippen LogP contribution in [0.2, 0.25) is 0 Å². The van der Waals surface area contributed by atoms with E-state index in [1.165, 1.54) is 24.3 Å². The first-order valence-corrected chi connectivity index (χ1v) is 5.41. The molecule has 0 unspecified atom stereocenters. The summed E-state index contributed by atoms with van der Waals surface area (Å²) in [7, 11) is 0. The highest BCUT2D eigenvalue weighted by atomic mass is 16.3. The first kappa shape index (κ1) is 13.2. The van der Waals surface area contributed by atoms with Crippen LogP contribution in [0.15, 0.2) is 24.3 Å². The van der Waals surface area contributed by atoms with Gasteiger partial charge >= 0.3 is 0 Å². The smallest absolute Gasteiger partial charge is 0.251 e. The van der Waals surface area contributed by atoms with Gasteiger partial charge in [-0.25, -0.2) is 0 Å². The number of amides is 1. The van der Waals surface area contributed by atoms with E-state index in [4.69, 9.17) is 5.11 Å². The van der Waals surface area contributed by atoms with Gasteiger partial charge in [-0.1, -0.05) is 20.8 Å². The molecule has 1 aromatic carbocycles.